The minimum absolute atomic E-state index is 0.567. The summed E-state index contributed by atoms with van der Waals surface area (Å²) in [6.45, 7) is 3.68. The molecule has 3 rings (SSSR count). The van der Waals surface area contributed by atoms with Gasteiger partial charge in [-0.25, -0.2) is 0 Å². The van der Waals surface area contributed by atoms with E-state index >= 15 is 0 Å². The van der Waals surface area contributed by atoms with E-state index in [9.17, 15) is 0 Å². The van der Waals surface area contributed by atoms with Crippen molar-refractivity contribution >= 4 is 34.6 Å². The summed E-state index contributed by atoms with van der Waals surface area (Å²) in [6.07, 6.45) is 0. The normalized spacial score (nSPS) is 14.7. The third-order valence-electron chi connectivity index (χ3n) is 4.00. The first-order valence-electron chi connectivity index (χ1n) is 7.81. The molecule has 1 fully saturated rings. The third-order valence-corrected chi connectivity index (χ3v) is 4.65. The third kappa shape index (κ3) is 4.17. The van der Waals surface area contributed by atoms with Crippen LogP contribution in [0.25, 0.3) is 0 Å². The number of nitrogens with one attached hydrogen (secondary N) is 1. The second-order valence-corrected chi connectivity index (χ2v) is 6.52. The highest BCUT2D eigenvalue weighted by Gasteiger charge is 2.22. The quantitative estimate of drug-likeness (QED) is 0.836. The molecule has 1 heterocycles. The van der Waals surface area contributed by atoms with E-state index in [1.165, 1.54) is 5.56 Å². The van der Waals surface area contributed by atoms with E-state index in [-0.39, 0.29) is 0 Å². The highest BCUT2D eigenvalue weighted by molar-refractivity contribution is 7.80. The lowest BCUT2D eigenvalue weighted by molar-refractivity contribution is 0.295. The molecule has 1 N–H and O–H groups in total. The largest absolute Gasteiger partial charge is 0.495 e. The van der Waals surface area contributed by atoms with Gasteiger partial charge in [0, 0.05) is 25.3 Å². The Kier molecular flexibility index (Phi) is 5.56. The number of anilines is 1. The van der Waals surface area contributed by atoms with Gasteiger partial charge in [0.2, 0.25) is 0 Å². The summed E-state index contributed by atoms with van der Waals surface area (Å²) in [6, 6.07) is 16.1. The van der Waals surface area contributed by atoms with Crippen LogP contribution in [-0.4, -0.2) is 41.8 Å². The van der Waals surface area contributed by atoms with Crippen LogP contribution in [0.2, 0.25) is 5.02 Å². The van der Waals surface area contributed by atoms with Gasteiger partial charge < -0.3 is 15.0 Å². The smallest absolute Gasteiger partial charge is 0.174 e. The highest BCUT2D eigenvalue weighted by Crippen LogP contribution is 2.27. The zero-order chi connectivity index (χ0) is 16.9. The molecule has 24 heavy (non-hydrogen) atoms. The summed E-state index contributed by atoms with van der Waals surface area (Å²) >= 11 is 11.7. The van der Waals surface area contributed by atoms with E-state index in [4.69, 9.17) is 28.6 Å². The average molecular weight is 362 g/mol. The first-order chi connectivity index (χ1) is 11.7. The minimum atomic E-state index is 0.567. The van der Waals surface area contributed by atoms with E-state index < -0.39 is 0 Å². The molecule has 0 atom stereocenters. The maximum atomic E-state index is 6.16. The second kappa shape index (κ2) is 7.83. The van der Waals surface area contributed by atoms with Crippen molar-refractivity contribution in [2.24, 2.45) is 0 Å². The van der Waals surface area contributed by atoms with Crippen molar-refractivity contribution in [3.8, 4) is 5.75 Å². The fourth-order valence-corrected chi connectivity index (χ4v) is 3.25. The van der Waals surface area contributed by atoms with Gasteiger partial charge in [-0.05, 0) is 36.0 Å². The first kappa shape index (κ1) is 17.0. The van der Waals surface area contributed by atoms with Gasteiger partial charge in [0.15, 0.2) is 5.11 Å². The van der Waals surface area contributed by atoms with Gasteiger partial charge in [0.25, 0.3) is 0 Å². The number of nitrogens with zero attached hydrogens (tertiary/aromatic N) is 2. The van der Waals surface area contributed by atoms with Crippen LogP contribution in [0.15, 0.2) is 48.5 Å². The number of methoxy groups -OCH3 is 1. The number of hydrogen-bond donors (Lipinski definition) is 1. The summed E-state index contributed by atoms with van der Waals surface area (Å²) in [5, 5.41) is 4.53. The summed E-state index contributed by atoms with van der Waals surface area (Å²) < 4.78 is 5.17. The Morgan fingerprint density at radius 2 is 2.00 bits per heavy atom. The van der Waals surface area contributed by atoms with Gasteiger partial charge in [-0.3, -0.25) is 4.90 Å². The molecular formula is C18H20ClN3OS. The summed E-state index contributed by atoms with van der Waals surface area (Å²) in [4.78, 5) is 4.54. The van der Waals surface area contributed by atoms with Crippen LogP contribution in [0.5, 0.6) is 5.75 Å². The molecule has 0 aliphatic carbocycles. The van der Waals surface area contributed by atoms with Crippen LogP contribution >= 0.6 is 23.8 Å². The number of thiocarbonyl (C=S) groups is 1. The predicted molar refractivity (Wildman–Crippen MR) is 103 cm³/mol. The van der Waals surface area contributed by atoms with Gasteiger partial charge in [-0.15, -0.1) is 0 Å². The fourth-order valence-electron chi connectivity index (χ4n) is 2.73. The van der Waals surface area contributed by atoms with Crippen molar-refractivity contribution in [2.75, 3.05) is 32.2 Å². The molecule has 2 aromatic carbocycles. The predicted octanol–water partition coefficient (Wildman–Crippen LogP) is 3.82. The van der Waals surface area contributed by atoms with E-state index in [0.717, 1.165) is 32.0 Å². The first-order valence-corrected chi connectivity index (χ1v) is 8.60. The van der Waals surface area contributed by atoms with Gasteiger partial charge in [-0.2, -0.15) is 0 Å². The molecule has 1 saturated heterocycles. The molecule has 0 bridgehead atoms. The molecule has 0 saturated carbocycles. The van der Waals surface area contributed by atoms with Crippen LogP contribution in [0.3, 0.4) is 0 Å². The maximum absolute atomic E-state index is 6.16. The van der Waals surface area contributed by atoms with Gasteiger partial charge >= 0.3 is 0 Å². The number of rotatable bonds is 4. The molecule has 0 amide bonds. The zero-order valence-corrected chi connectivity index (χ0v) is 15.1. The Hall–Kier alpha value is -1.82. The van der Waals surface area contributed by atoms with Crippen LogP contribution in [0.1, 0.15) is 5.56 Å². The van der Waals surface area contributed by atoms with E-state index in [1.807, 2.05) is 24.3 Å². The van der Waals surface area contributed by atoms with Crippen molar-refractivity contribution in [1.29, 1.82) is 0 Å². The number of benzene rings is 2. The molecule has 0 spiro atoms. The van der Waals surface area contributed by atoms with E-state index in [0.29, 0.717) is 15.9 Å². The number of halogens is 1. The summed E-state index contributed by atoms with van der Waals surface area (Å²) in [7, 11) is 1.60. The minimum Gasteiger partial charge on any atom is -0.495 e. The fraction of sp³-hybridized carbons (Fsp3) is 0.278. The van der Waals surface area contributed by atoms with Gasteiger partial charge in [0.1, 0.15) is 5.75 Å². The Labute approximate surface area is 153 Å². The molecule has 6 heteroatoms. The second-order valence-electron chi connectivity index (χ2n) is 5.72. The lowest BCUT2D eigenvalue weighted by Crippen LogP contribution is -2.34. The number of ether oxygens (including phenoxy) is 1. The lowest BCUT2D eigenvalue weighted by atomic mass is 10.2. The molecule has 2 aromatic rings. The zero-order valence-electron chi connectivity index (χ0n) is 13.5. The van der Waals surface area contributed by atoms with E-state index in [2.05, 4.69) is 39.4 Å². The van der Waals surface area contributed by atoms with Gasteiger partial charge in [-0.1, -0.05) is 41.9 Å². The molecule has 126 valence electrons. The Bertz CT molecular complexity index is 711. The monoisotopic (exact) mass is 361 g/mol. The van der Waals surface area contributed by atoms with Crippen molar-refractivity contribution in [1.82, 2.24) is 9.80 Å². The highest BCUT2D eigenvalue weighted by atomic mass is 35.5. The molecule has 1 aliphatic rings. The van der Waals surface area contributed by atoms with Crippen LogP contribution in [-0.2, 0) is 6.54 Å². The number of hydrogen-bond acceptors (Lipinski definition) is 3. The Morgan fingerprint density at radius 1 is 1.21 bits per heavy atom. The van der Waals surface area contributed by atoms with Crippen molar-refractivity contribution in [2.45, 2.75) is 6.54 Å². The molecule has 4 nitrogen and oxygen atoms in total. The van der Waals surface area contributed by atoms with Crippen LogP contribution in [0, 0.1) is 0 Å². The van der Waals surface area contributed by atoms with Crippen LogP contribution in [0.4, 0.5) is 5.69 Å². The standard InChI is InChI=1S/C18H20ClN3OS/c1-23-17-8-7-15(11-16(17)19)20-18(24)22-10-9-21(13-22)12-14-5-3-2-4-6-14/h2-8,11H,9-10,12-13H2,1H3,(H,20,24). The van der Waals surface area contributed by atoms with Crippen molar-refractivity contribution < 1.29 is 4.74 Å². The average Bonchev–Trinajstić information content (AvgIpc) is 3.04. The molecular weight excluding hydrogens is 342 g/mol. The molecule has 1 aliphatic heterocycles. The molecule has 0 unspecified atom stereocenters. The Morgan fingerprint density at radius 3 is 2.71 bits per heavy atom. The van der Waals surface area contributed by atoms with Crippen molar-refractivity contribution in [3.05, 3.63) is 59.1 Å². The molecule has 0 aromatic heterocycles. The van der Waals surface area contributed by atoms with Crippen LogP contribution < -0.4 is 10.1 Å². The summed E-state index contributed by atoms with van der Waals surface area (Å²) in [5.41, 5.74) is 2.19. The molecule has 0 radical (unpaired) electrons. The summed E-state index contributed by atoms with van der Waals surface area (Å²) in [5.74, 6) is 0.656. The Balaban J connectivity index is 1.55. The topological polar surface area (TPSA) is 27.7 Å². The van der Waals surface area contributed by atoms with Gasteiger partial charge in [0.05, 0.1) is 18.8 Å². The van der Waals surface area contributed by atoms with Crippen molar-refractivity contribution in [3.63, 3.8) is 0 Å². The SMILES string of the molecule is COc1ccc(NC(=S)N2CCN(Cc3ccccc3)C2)cc1Cl. The maximum Gasteiger partial charge on any atom is 0.174 e. The van der Waals surface area contributed by atoms with E-state index in [1.54, 1.807) is 7.11 Å². The lowest BCUT2D eigenvalue weighted by Gasteiger charge is -2.21.